The van der Waals surface area contributed by atoms with Gasteiger partial charge in [-0.1, -0.05) is 6.07 Å². The number of hydrogen-bond acceptors (Lipinski definition) is 2. The quantitative estimate of drug-likeness (QED) is 0.875. The van der Waals surface area contributed by atoms with Crippen LogP contribution in [0.25, 0.3) is 0 Å². The molecule has 2 aromatic rings. The van der Waals surface area contributed by atoms with Crippen LogP contribution in [0, 0.1) is 5.82 Å². The first-order valence-corrected chi connectivity index (χ1v) is 7.50. The lowest BCUT2D eigenvalue weighted by molar-refractivity contribution is 0.356. The molecule has 5 rings (SSSR count). The van der Waals surface area contributed by atoms with E-state index in [-0.39, 0.29) is 11.4 Å². The minimum Gasteiger partial charge on any atom is -0.354 e. The summed E-state index contributed by atoms with van der Waals surface area (Å²) in [4.78, 5) is 15.0. The Morgan fingerprint density at radius 3 is 2.52 bits per heavy atom. The van der Waals surface area contributed by atoms with E-state index >= 15 is 0 Å². The largest absolute Gasteiger partial charge is 0.354 e. The van der Waals surface area contributed by atoms with E-state index in [0.717, 1.165) is 42.5 Å². The van der Waals surface area contributed by atoms with Crippen molar-refractivity contribution in [2.75, 3.05) is 5.32 Å². The summed E-state index contributed by atoms with van der Waals surface area (Å²) < 4.78 is 13.3. The Balaban J connectivity index is 1.81. The van der Waals surface area contributed by atoms with E-state index in [1.807, 2.05) is 6.07 Å². The maximum Gasteiger partial charge on any atom is 0.251 e. The molecular formula is C17H17FN2O. The van der Waals surface area contributed by atoms with E-state index < -0.39 is 0 Å². The van der Waals surface area contributed by atoms with Crippen LogP contribution in [0.3, 0.4) is 0 Å². The Bertz CT molecular complexity index is 745. The van der Waals surface area contributed by atoms with Gasteiger partial charge in [0, 0.05) is 17.4 Å². The Kier molecular flexibility index (Phi) is 2.84. The summed E-state index contributed by atoms with van der Waals surface area (Å²) in [6, 6.07) is 6.41. The second-order valence-corrected chi connectivity index (χ2v) is 6.04. The molecule has 2 bridgehead atoms. The van der Waals surface area contributed by atoms with Crippen molar-refractivity contribution in [1.29, 1.82) is 0 Å². The Hall–Kier alpha value is -2.10. The molecule has 108 valence electrons. The van der Waals surface area contributed by atoms with Crippen LogP contribution in [-0.2, 0) is 0 Å². The zero-order chi connectivity index (χ0) is 14.4. The van der Waals surface area contributed by atoms with E-state index in [9.17, 15) is 9.18 Å². The average molecular weight is 284 g/mol. The first-order valence-electron chi connectivity index (χ1n) is 7.50. The number of aromatic nitrogens is 1. The fourth-order valence-electron chi connectivity index (χ4n) is 3.90. The fourth-order valence-corrected chi connectivity index (χ4v) is 3.90. The molecule has 3 aliphatic carbocycles. The van der Waals surface area contributed by atoms with Crippen LogP contribution in [-0.4, -0.2) is 4.98 Å². The molecule has 1 fully saturated rings. The van der Waals surface area contributed by atoms with E-state index in [4.69, 9.17) is 0 Å². The van der Waals surface area contributed by atoms with Gasteiger partial charge in [0.15, 0.2) is 0 Å². The molecule has 0 aliphatic heterocycles. The van der Waals surface area contributed by atoms with Crippen molar-refractivity contribution in [3.05, 3.63) is 57.8 Å². The molecule has 1 aromatic heterocycles. The highest BCUT2D eigenvalue weighted by Gasteiger charge is 2.36. The van der Waals surface area contributed by atoms with Crippen molar-refractivity contribution in [3.8, 4) is 0 Å². The SMILES string of the molecule is O=c1[nH]cc(Nc2cccc(F)c2)c2c1C1CCC2CC1. The normalized spacial score (nSPS) is 22.9. The zero-order valence-corrected chi connectivity index (χ0v) is 11.7. The van der Waals surface area contributed by atoms with Gasteiger partial charge in [-0.15, -0.1) is 0 Å². The average Bonchev–Trinajstić information content (AvgIpc) is 2.51. The molecule has 0 radical (unpaired) electrons. The maximum absolute atomic E-state index is 13.3. The molecule has 3 aliphatic rings. The molecule has 0 saturated heterocycles. The van der Waals surface area contributed by atoms with Gasteiger partial charge in [-0.2, -0.15) is 0 Å². The summed E-state index contributed by atoms with van der Waals surface area (Å²) in [6.45, 7) is 0. The predicted octanol–water partition coefficient (Wildman–Crippen LogP) is 4.01. The minimum atomic E-state index is -0.264. The number of hydrogen-bond donors (Lipinski definition) is 2. The second-order valence-electron chi connectivity index (χ2n) is 6.04. The van der Waals surface area contributed by atoms with Crippen molar-refractivity contribution in [2.45, 2.75) is 37.5 Å². The summed E-state index contributed by atoms with van der Waals surface area (Å²) in [5.41, 5.74) is 3.80. The number of rotatable bonds is 2. The van der Waals surface area contributed by atoms with Crippen molar-refractivity contribution >= 4 is 11.4 Å². The van der Waals surface area contributed by atoms with Crippen molar-refractivity contribution in [1.82, 2.24) is 4.98 Å². The van der Waals surface area contributed by atoms with Gasteiger partial charge in [0.1, 0.15) is 5.82 Å². The highest BCUT2D eigenvalue weighted by atomic mass is 19.1. The van der Waals surface area contributed by atoms with Gasteiger partial charge in [-0.05, 0) is 61.3 Å². The Morgan fingerprint density at radius 2 is 1.81 bits per heavy atom. The minimum absolute atomic E-state index is 0.0455. The van der Waals surface area contributed by atoms with Gasteiger partial charge in [-0.25, -0.2) is 4.39 Å². The van der Waals surface area contributed by atoms with Crippen LogP contribution in [0.2, 0.25) is 0 Å². The number of pyridine rings is 1. The zero-order valence-electron chi connectivity index (χ0n) is 11.7. The third-order valence-corrected chi connectivity index (χ3v) is 4.82. The molecule has 1 heterocycles. The van der Waals surface area contributed by atoms with Crippen molar-refractivity contribution in [2.24, 2.45) is 0 Å². The maximum atomic E-state index is 13.3. The lowest BCUT2D eigenvalue weighted by Crippen LogP contribution is -2.30. The van der Waals surface area contributed by atoms with E-state index in [1.165, 1.54) is 12.1 Å². The number of anilines is 2. The Labute approximate surface area is 122 Å². The summed E-state index contributed by atoms with van der Waals surface area (Å²) in [6.07, 6.45) is 6.26. The van der Waals surface area contributed by atoms with Gasteiger partial charge >= 0.3 is 0 Å². The van der Waals surface area contributed by atoms with Gasteiger partial charge in [0.25, 0.3) is 5.56 Å². The number of halogens is 1. The molecular weight excluding hydrogens is 267 g/mol. The number of benzene rings is 1. The summed E-state index contributed by atoms with van der Waals surface area (Å²) >= 11 is 0. The molecule has 2 N–H and O–H groups in total. The standard InChI is InChI=1S/C17H17FN2O/c18-12-2-1-3-13(8-12)20-14-9-19-17(21)16-11-6-4-10(5-7-11)15(14)16/h1-3,8-11,20H,4-7H2,(H,19,21). The van der Waals surface area contributed by atoms with Gasteiger partial charge in [-0.3, -0.25) is 4.79 Å². The predicted molar refractivity (Wildman–Crippen MR) is 80.7 cm³/mol. The highest BCUT2D eigenvalue weighted by molar-refractivity contribution is 5.65. The monoisotopic (exact) mass is 284 g/mol. The summed E-state index contributed by atoms with van der Waals surface area (Å²) in [5.74, 6) is 0.589. The molecule has 4 heteroatoms. The van der Waals surface area contributed by atoms with Crippen LogP contribution >= 0.6 is 0 Å². The summed E-state index contributed by atoms with van der Waals surface area (Å²) in [5, 5.41) is 3.27. The van der Waals surface area contributed by atoms with Crippen molar-refractivity contribution < 1.29 is 4.39 Å². The molecule has 3 nitrogen and oxygen atoms in total. The van der Waals surface area contributed by atoms with E-state index in [0.29, 0.717) is 17.5 Å². The molecule has 0 atom stereocenters. The first-order chi connectivity index (χ1) is 10.2. The van der Waals surface area contributed by atoms with Gasteiger partial charge in [0.2, 0.25) is 0 Å². The second kappa shape index (κ2) is 4.72. The molecule has 21 heavy (non-hydrogen) atoms. The van der Waals surface area contributed by atoms with Crippen LogP contribution in [0.5, 0.6) is 0 Å². The van der Waals surface area contributed by atoms with Crippen LogP contribution in [0.15, 0.2) is 35.3 Å². The van der Waals surface area contributed by atoms with Crippen LogP contribution in [0.1, 0.15) is 48.6 Å². The molecule has 1 aromatic carbocycles. The smallest absolute Gasteiger partial charge is 0.251 e. The fraction of sp³-hybridized carbons (Fsp3) is 0.353. The number of nitrogens with one attached hydrogen (secondary N) is 2. The topological polar surface area (TPSA) is 44.9 Å². The summed E-state index contributed by atoms with van der Waals surface area (Å²) in [7, 11) is 0. The third kappa shape index (κ3) is 2.06. The lowest BCUT2D eigenvalue weighted by atomic mass is 9.67. The van der Waals surface area contributed by atoms with E-state index in [2.05, 4.69) is 10.3 Å². The van der Waals surface area contributed by atoms with Gasteiger partial charge in [0.05, 0.1) is 5.69 Å². The number of aromatic amines is 1. The van der Waals surface area contributed by atoms with Gasteiger partial charge < -0.3 is 10.3 Å². The third-order valence-electron chi connectivity index (χ3n) is 4.82. The molecule has 0 spiro atoms. The first kappa shape index (κ1) is 12.6. The molecule has 0 amide bonds. The Morgan fingerprint density at radius 1 is 1.10 bits per heavy atom. The van der Waals surface area contributed by atoms with Crippen molar-refractivity contribution in [3.63, 3.8) is 0 Å². The number of fused-ring (bicyclic) bond motifs is 2. The lowest BCUT2D eigenvalue weighted by Gasteiger charge is -2.38. The number of H-pyrrole nitrogens is 1. The molecule has 1 saturated carbocycles. The molecule has 0 unspecified atom stereocenters. The van der Waals surface area contributed by atoms with Crippen LogP contribution in [0.4, 0.5) is 15.8 Å². The van der Waals surface area contributed by atoms with Crippen LogP contribution < -0.4 is 10.9 Å². The highest BCUT2D eigenvalue weighted by Crippen LogP contribution is 2.50. The van der Waals surface area contributed by atoms with E-state index in [1.54, 1.807) is 12.3 Å².